The van der Waals surface area contributed by atoms with Gasteiger partial charge in [0.05, 0.1) is 11.3 Å². The van der Waals surface area contributed by atoms with E-state index in [0.29, 0.717) is 26.6 Å². The summed E-state index contributed by atoms with van der Waals surface area (Å²) in [6.07, 6.45) is -7.67. The smallest absolute Gasteiger partial charge is 0.430 e. The quantitative estimate of drug-likeness (QED) is 0.672. The summed E-state index contributed by atoms with van der Waals surface area (Å²) in [7, 11) is 0. The van der Waals surface area contributed by atoms with E-state index in [1.54, 1.807) is 4.90 Å². The lowest BCUT2D eigenvalue weighted by Crippen LogP contribution is -2.49. The molecule has 1 fully saturated rings. The number of alkyl halides is 5. The van der Waals surface area contributed by atoms with Crippen molar-refractivity contribution in [3.63, 3.8) is 0 Å². The molecule has 1 saturated heterocycles. The van der Waals surface area contributed by atoms with Crippen LogP contribution in [0, 0.1) is 0 Å². The van der Waals surface area contributed by atoms with E-state index in [4.69, 9.17) is 0 Å². The molecule has 2 aromatic heterocycles. The highest BCUT2D eigenvalue weighted by Gasteiger charge is 2.49. The molecule has 1 amide bonds. The number of carbonyl (C=O) groups excluding carboxylic acids is 1. The molecule has 12 heteroatoms. The molecule has 0 aliphatic carbocycles. The summed E-state index contributed by atoms with van der Waals surface area (Å²) in [6.45, 7) is 4.22. The second-order valence-electron chi connectivity index (χ2n) is 7.86. The topological polar surface area (TPSA) is 79.4 Å². The number of ether oxygens (including phenoxy) is 1. The third-order valence-electron chi connectivity index (χ3n) is 5.28. The standard InChI is InChI=1S/C20H20F5N5O2/c1-10-9-30(6-5-26-10)14-8-11(19(2,21)22)7-13(28-14)12-3-4-27-17-15(12)16(20(23,24)25)32-18(31)29-17/h3-4,7-8,10,16,26H,5-6,9H2,1-2H3,(H,27,29,31)/t10-,16+/m0/s1. The van der Waals surface area contributed by atoms with Crippen molar-refractivity contribution in [3.05, 3.63) is 35.5 Å². The molecular weight excluding hydrogens is 437 g/mol. The fraction of sp³-hybridized carbons (Fsp3) is 0.450. The Balaban J connectivity index is 1.90. The lowest BCUT2D eigenvalue weighted by atomic mass is 9.97. The van der Waals surface area contributed by atoms with Crippen LogP contribution in [0.15, 0.2) is 24.4 Å². The van der Waals surface area contributed by atoms with Gasteiger partial charge in [0, 0.05) is 49.9 Å². The number of aromatic nitrogens is 2. The second kappa shape index (κ2) is 7.84. The number of anilines is 2. The van der Waals surface area contributed by atoms with Crippen LogP contribution >= 0.6 is 0 Å². The molecule has 2 aromatic rings. The van der Waals surface area contributed by atoms with Gasteiger partial charge >= 0.3 is 12.3 Å². The minimum absolute atomic E-state index is 0.0756. The molecule has 0 radical (unpaired) electrons. The third kappa shape index (κ3) is 4.31. The Bertz CT molecular complexity index is 1040. The minimum atomic E-state index is -4.94. The highest BCUT2D eigenvalue weighted by atomic mass is 19.4. The summed E-state index contributed by atoms with van der Waals surface area (Å²) >= 11 is 0. The summed E-state index contributed by atoms with van der Waals surface area (Å²) in [5.41, 5.74) is -1.08. The number of nitrogens with one attached hydrogen (secondary N) is 2. The molecule has 172 valence electrons. The van der Waals surface area contributed by atoms with Crippen molar-refractivity contribution in [2.75, 3.05) is 29.9 Å². The van der Waals surface area contributed by atoms with Crippen molar-refractivity contribution in [3.8, 4) is 11.3 Å². The maximum absolute atomic E-state index is 14.3. The van der Waals surface area contributed by atoms with Crippen LogP contribution in [0.1, 0.15) is 31.1 Å². The molecule has 32 heavy (non-hydrogen) atoms. The van der Waals surface area contributed by atoms with Crippen LogP contribution in [0.2, 0.25) is 0 Å². The Morgan fingerprint density at radius 1 is 1.22 bits per heavy atom. The molecule has 0 spiro atoms. The second-order valence-corrected chi connectivity index (χ2v) is 7.86. The SMILES string of the molecule is C[C@H]1CN(c2cc(C(C)(F)F)cc(-c3ccnc4c3[C@H](C(F)(F)F)OC(=O)N4)n2)CCN1. The number of piperazine rings is 1. The average Bonchev–Trinajstić information content (AvgIpc) is 2.71. The van der Waals surface area contributed by atoms with Crippen LogP contribution < -0.4 is 15.5 Å². The molecule has 2 atom stereocenters. The Morgan fingerprint density at radius 3 is 2.62 bits per heavy atom. The van der Waals surface area contributed by atoms with Crippen LogP contribution in [-0.2, 0) is 10.7 Å². The Morgan fingerprint density at radius 2 is 1.97 bits per heavy atom. The first kappa shape index (κ1) is 22.2. The fourth-order valence-electron chi connectivity index (χ4n) is 3.79. The van der Waals surface area contributed by atoms with Crippen LogP contribution in [0.3, 0.4) is 0 Å². The molecule has 0 bridgehead atoms. The number of carbonyl (C=O) groups is 1. The molecule has 0 saturated carbocycles. The number of fused-ring (bicyclic) bond motifs is 1. The highest BCUT2D eigenvalue weighted by Crippen LogP contribution is 2.46. The van der Waals surface area contributed by atoms with Crippen LogP contribution in [0.5, 0.6) is 0 Å². The van der Waals surface area contributed by atoms with Crippen LogP contribution in [0.25, 0.3) is 11.3 Å². The summed E-state index contributed by atoms with van der Waals surface area (Å²) in [4.78, 5) is 21.6. The number of rotatable bonds is 3. The van der Waals surface area contributed by atoms with Gasteiger partial charge in [-0.1, -0.05) is 0 Å². The Kier molecular flexibility index (Phi) is 5.43. The first-order valence-corrected chi connectivity index (χ1v) is 9.86. The van der Waals surface area contributed by atoms with Gasteiger partial charge in [-0.3, -0.25) is 5.32 Å². The zero-order chi connectivity index (χ0) is 23.3. The van der Waals surface area contributed by atoms with Gasteiger partial charge in [0.2, 0.25) is 6.10 Å². The summed E-state index contributed by atoms with van der Waals surface area (Å²) in [5.74, 6) is -3.39. The van der Waals surface area contributed by atoms with E-state index in [1.165, 1.54) is 18.3 Å². The van der Waals surface area contributed by atoms with Gasteiger partial charge in [-0.15, -0.1) is 0 Å². The number of cyclic esters (lactones) is 1. The zero-order valence-electron chi connectivity index (χ0n) is 17.1. The molecule has 4 heterocycles. The lowest BCUT2D eigenvalue weighted by Gasteiger charge is -2.33. The maximum Gasteiger partial charge on any atom is 0.430 e. The average molecular weight is 457 g/mol. The fourth-order valence-corrected chi connectivity index (χ4v) is 3.79. The van der Waals surface area contributed by atoms with Crippen LogP contribution in [-0.4, -0.2) is 47.9 Å². The van der Waals surface area contributed by atoms with E-state index in [9.17, 15) is 26.7 Å². The van der Waals surface area contributed by atoms with E-state index >= 15 is 0 Å². The van der Waals surface area contributed by atoms with Crippen molar-refractivity contribution in [1.82, 2.24) is 15.3 Å². The number of halogens is 5. The molecule has 0 aromatic carbocycles. The third-order valence-corrected chi connectivity index (χ3v) is 5.28. The molecule has 7 nitrogen and oxygen atoms in total. The number of nitrogens with zero attached hydrogens (tertiary/aromatic N) is 3. The zero-order valence-corrected chi connectivity index (χ0v) is 17.1. The van der Waals surface area contributed by atoms with Gasteiger partial charge in [0.15, 0.2) is 0 Å². The monoisotopic (exact) mass is 457 g/mol. The van der Waals surface area contributed by atoms with Crippen molar-refractivity contribution in [1.29, 1.82) is 0 Å². The molecule has 0 unspecified atom stereocenters. The summed E-state index contributed by atoms with van der Waals surface area (Å²) in [6, 6.07) is 3.61. The molecule has 2 N–H and O–H groups in total. The van der Waals surface area contributed by atoms with E-state index < -0.39 is 35.4 Å². The molecular formula is C20H20F5N5O2. The Hall–Kier alpha value is -3.02. The normalized spacial score (nSPS) is 21.6. The highest BCUT2D eigenvalue weighted by molar-refractivity contribution is 5.89. The van der Waals surface area contributed by atoms with Gasteiger partial charge in [-0.2, -0.15) is 13.2 Å². The largest absolute Gasteiger partial charge is 0.431 e. The Labute approximate surface area is 180 Å². The van der Waals surface area contributed by atoms with Crippen molar-refractivity contribution >= 4 is 17.7 Å². The predicted octanol–water partition coefficient (Wildman–Crippen LogP) is 4.22. The molecule has 2 aliphatic rings. The summed E-state index contributed by atoms with van der Waals surface area (Å²) < 4.78 is 74.1. The maximum atomic E-state index is 14.3. The number of pyridine rings is 2. The van der Waals surface area contributed by atoms with E-state index in [1.807, 2.05) is 6.92 Å². The first-order chi connectivity index (χ1) is 14.9. The van der Waals surface area contributed by atoms with Gasteiger partial charge in [0.1, 0.15) is 11.6 Å². The van der Waals surface area contributed by atoms with Crippen molar-refractivity contribution in [2.24, 2.45) is 0 Å². The van der Waals surface area contributed by atoms with E-state index in [-0.39, 0.29) is 28.9 Å². The van der Waals surface area contributed by atoms with Gasteiger partial charge in [-0.25, -0.2) is 23.5 Å². The van der Waals surface area contributed by atoms with Gasteiger partial charge in [0.25, 0.3) is 5.92 Å². The van der Waals surface area contributed by atoms with Gasteiger partial charge in [-0.05, 0) is 25.1 Å². The van der Waals surface area contributed by atoms with Gasteiger partial charge < -0.3 is 15.0 Å². The number of amides is 1. The molecule has 2 aliphatic heterocycles. The lowest BCUT2D eigenvalue weighted by molar-refractivity contribution is -0.206. The van der Waals surface area contributed by atoms with Crippen molar-refractivity contribution < 1.29 is 31.5 Å². The number of hydrogen-bond donors (Lipinski definition) is 2. The number of hydrogen-bond acceptors (Lipinski definition) is 6. The minimum Gasteiger partial charge on any atom is -0.431 e. The summed E-state index contributed by atoms with van der Waals surface area (Å²) in [5, 5.41) is 5.37. The van der Waals surface area contributed by atoms with E-state index in [2.05, 4.69) is 25.3 Å². The molecule has 4 rings (SSSR count). The van der Waals surface area contributed by atoms with Crippen molar-refractivity contribution in [2.45, 2.75) is 38.1 Å². The van der Waals surface area contributed by atoms with Crippen LogP contribution in [0.4, 0.5) is 38.4 Å². The first-order valence-electron chi connectivity index (χ1n) is 9.86. The van der Waals surface area contributed by atoms with E-state index in [0.717, 1.165) is 6.07 Å². The predicted molar refractivity (Wildman–Crippen MR) is 106 cm³/mol.